The Morgan fingerprint density at radius 1 is 0.714 bits per heavy atom. The molecule has 0 aliphatic heterocycles. The van der Waals surface area contributed by atoms with Gasteiger partial charge in [-0.25, -0.2) is 0 Å². The lowest BCUT2D eigenvalue weighted by Crippen LogP contribution is -2.21. The van der Waals surface area contributed by atoms with Crippen molar-refractivity contribution in [3.8, 4) is 28.0 Å². The van der Waals surface area contributed by atoms with Crippen molar-refractivity contribution >= 4 is 12.4 Å². The monoisotopic (exact) mass is 392 g/mol. The van der Waals surface area contributed by atoms with E-state index in [4.69, 9.17) is 4.74 Å². The summed E-state index contributed by atoms with van der Waals surface area (Å²) >= 11 is 0. The lowest BCUT2D eigenvalue weighted by Gasteiger charge is -2.29. The lowest BCUT2D eigenvalue weighted by molar-refractivity contribution is 0.415. The average Bonchev–Trinajstić information content (AvgIpc) is 2.73. The molecule has 3 aromatic carbocycles. The third-order valence-electron chi connectivity index (χ3n) is 5.42. The average molecular weight is 392 g/mol. The molecule has 0 heterocycles. The van der Waals surface area contributed by atoms with E-state index in [2.05, 4.69) is 64.1 Å². The van der Waals surface area contributed by atoms with E-state index in [-0.39, 0.29) is 11.3 Å². The molecule has 0 aromatic heterocycles. The minimum absolute atomic E-state index is 0.0899. The predicted octanol–water partition coefficient (Wildman–Crippen LogP) is 6.83. The zero-order chi connectivity index (χ0) is 20.3. The van der Waals surface area contributed by atoms with Gasteiger partial charge in [-0.1, -0.05) is 88.4 Å². The SMILES string of the molecule is COc1ccc(-c2ccccc2P(=O)(C(C)C)C(C)C)c(-c2ccccc2)c1. The Kier molecular flexibility index (Phi) is 6.10. The Balaban J connectivity index is 2.31. The zero-order valence-corrected chi connectivity index (χ0v) is 18.2. The predicted molar refractivity (Wildman–Crippen MR) is 121 cm³/mol. The zero-order valence-electron chi connectivity index (χ0n) is 17.3. The first-order valence-corrected chi connectivity index (χ1v) is 11.7. The molecule has 0 saturated carbocycles. The van der Waals surface area contributed by atoms with Crippen LogP contribution in [-0.2, 0) is 4.57 Å². The number of hydrogen-bond acceptors (Lipinski definition) is 2. The van der Waals surface area contributed by atoms with E-state index in [1.165, 1.54) is 0 Å². The van der Waals surface area contributed by atoms with Gasteiger partial charge in [-0.15, -0.1) is 0 Å². The first kappa shape index (κ1) is 20.4. The van der Waals surface area contributed by atoms with Crippen molar-refractivity contribution in [1.29, 1.82) is 0 Å². The fourth-order valence-corrected chi connectivity index (χ4v) is 7.10. The summed E-state index contributed by atoms with van der Waals surface area (Å²) in [4.78, 5) is 0. The van der Waals surface area contributed by atoms with Crippen molar-refractivity contribution in [2.45, 2.75) is 39.0 Å². The van der Waals surface area contributed by atoms with E-state index in [9.17, 15) is 4.57 Å². The Hall–Kier alpha value is -2.31. The van der Waals surface area contributed by atoms with Crippen molar-refractivity contribution in [3.05, 3.63) is 72.8 Å². The van der Waals surface area contributed by atoms with Crippen LogP contribution in [0.1, 0.15) is 27.7 Å². The highest BCUT2D eigenvalue weighted by Gasteiger charge is 2.34. The molecule has 0 fully saturated rings. The van der Waals surface area contributed by atoms with E-state index >= 15 is 0 Å². The molecule has 2 nitrogen and oxygen atoms in total. The molecule has 0 aliphatic carbocycles. The fourth-order valence-electron chi connectivity index (χ4n) is 3.90. The molecule has 0 N–H and O–H groups in total. The second kappa shape index (κ2) is 8.37. The molecule has 0 saturated heterocycles. The van der Waals surface area contributed by atoms with Crippen LogP contribution in [0.15, 0.2) is 72.8 Å². The van der Waals surface area contributed by atoms with E-state index in [0.29, 0.717) is 0 Å². The van der Waals surface area contributed by atoms with Gasteiger partial charge < -0.3 is 9.30 Å². The molecule has 28 heavy (non-hydrogen) atoms. The Morgan fingerprint density at radius 2 is 1.32 bits per heavy atom. The van der Waals surface area contributed by atoms with Crippen molar-refractivity contribution in [1.82, 2.24) is 0 Å². The van der Waals surface area contributed by atoms with Crippen LogP contribution in [0.5, 0.6) is 5.75 Å². The molecule has 0 atom stereocenters. The van der Waals surface area contributed by atoms with Crippen LogP contribution in [0, 0.1) is 0 Å². The van der Waals surface area contributed by atoms with Gasteiger partial charge in [0.1, 0.15) is 12.9 Å². The highest BCUT2D eigenvalue weighted by Crippen LogP contribution is 2.55. The van der Waals surface area contributed by atoms with Gasteiger partial charge in [-0.3, -0.25) is 0 Å². The van der Waals surface area contributed by atoms with Crippen LogP contribution in [0.4, 0.5) is 0 Å². The van der Waals surface area contributed by atoms with Gasteiger partial charge in [0.05, 0.1) is 7.11 Å². The third kappa shape index (κ3) is 3.66. The quantitative estimate of drug-likeness (QED) is 0.430. The first-order valence-electron chi connectivity index (χ1n) is 9.82. The number of hydrogen-bond donors (Lipinski definition) is 0. The van der Waals surface area contributed by atoms with Gasteiger partial charge in [0, 0.05) is 16.6 Å². The molecule has 0 bridgehead atoms. The first-order chi connectivity index (χ1) is 13.4. The molecule has 0 radical (unpaired) electrons. The number of benzene rings is 3. The maximum Gasteiger partial charge on any atom is 0.121 e. The van der Waals surface area contributed by atoms with Crippen molar-refractivity contribution in [2.24, 2.45) is 0 Å². The van der Waals surface area contributed by atoms with Crippen LogP contribution in [0.2, 0.25) is 0 Å². The maximum atomic E-state index is 14.2. The van der Waals surface area contributed by atoms with Crippen molar-refractivity contribution in [3.63, 3.8) is 0 Å². The molecule has 3 aromatic rings. The Labute approximate surface area is 169 Å². The highest BCUT2D eigenvalue weighted by atomic mass is 31.2. The summed E-state index contributed by atoms with van der Waals surface area (Å²) in [6.07, 6.45) is 0. The summed E-state index contributed by atoms with van der Waals surface area (Å²) in [5, 5.41) is 0.974. The summed E-state index contributed by atoms with van der Waals surface area (Å²) < 4.78 is 19.6. The molecule has 3 heteroatoms. The van der Waals surface area contributed by atoms with Gasteiger partial charge in [0.15, 0.2) is 0 Å². The Morgan fingerprint density at radius 3 is 1.93 bits per heavy atom. The largest absolute Gasteiger partial charge is 0.497 e. The Bertz CT molecular complexity index is 978. The van der Waals surface area contributed by atoms with Gasteiger partial charge in [0.2, 0.25) is 0 Å². The van der Waals surface area contributed by atoms with Crippen LogP contribution >= 0.6 is 7.14 Å². The van der Waals surface area contributed by atoms with Crippen molar-refractivity contribution < 1.29 is 9.30 Å². The minimum atomic E-state index is -2.58. The molecule has 0 amide bonds. The molecule has 0 unspecified atom stereocenters. The smallest absolute Gasteiger partial charge is 0.121 e. The summed E-state index contributed by atoms with van der Waals surface area (Å²) in [5.41, 5.74) is 4.53. The van der Waals surface area contributed by atoms with Gasteiger partial charge >= 0.3 is 0 Å². The summed E-state index contributed by atoms with van der Waals surface area (Å²) in [5.74, 6) is 0.816. The minimum Gasteiger partial charge on any atom is -0.497 e. The molecular weight excluding hydrogens is 363 g/mol. The van der Waals surface area contributed by atoms with E-state index in [1.54, 1.807) is 7.11 Å². The van der Waals surface area contributed by atoms with Crippen molar-refractivity contribution in [2.75, 3.05) is 7.11 Å². The van der Waals surface area contributed by atoms with Crippen LogP contribution in [-0.4, -0.2) is 18.4 Å². The molecule has 146 valence electrons. The number of methoxy groups -OCH3 is 1. The van der Waals surface area contributed by atoms with Gasteiger partial charge in [-0.2, -0.15) is 0 Å². The normalized spacial score (nSPS) is 11.8. The van der Waals surface area contributed by atoms with E-state index in [0.717, 1.165) is 33.3 Å². The van der Waals surface area contributed by atoms with Crippen LogP contribution in [0.25, 0.3) is 22.3 Å². The number of ether oxygens (including phenoxy) is 1. The van der Waals surface area contributed by atoms with Crippen LogP contribution in [0.3, 0.4) is 0 Å². The lowest BCUT2D eigenvalue weighted by atomic mass is 9.94. The maximum absolute atomic E-state index is 14.2. The molecule has 3 rings (SSSR count). The second-order valence-electron chi connectivity index (χ2n) is 7.69. The third-order valence-corrected chi connectivity index (χ3v) is 9.63. The van der Waals surface area contributed by atoms with E-state index in [1.807, 2.05) is 36.4 Å². The number of rotatable bonds is 6. The van der Waals surface area contributed by atoms with Crippen LogP contribution < -0.4 is 10.0 Å². The summed E-state index contributed by atoms with van der Waals surface area (Å²) in [6.45, 7) is 8.29. The molecule has 0 aliphatic rings. The van der Waals surface area contributed by atoms with Gasteiger partial charge in [0.25, 0.3) is 0 Å². The summed E-state index contributed by atoms with van der Waals surface area (Å²) in [7, 11) is -0.896. The highest BCUT2D eigenvalue weighted by molar-refractivity contribution is 7.73. The standard InChI is InChI=1S/C25H29O2P/c1-18(2)28(26,19(3)4)25-14-10-9-13-23(25)22-16-15-21(27-5)17-24(22)20-11-7-6-8-12-20/h6-19H,1-5H3. The topological polar surface area (TPSA) is 26.3 Å². The van der Waals surface area contributed by atoms with E-state index < -0.39 is 7.14 Å². The van der Waals surface area contributed by atoms with Gasteiger partial charge in [-0.05, 0) is 34.4 Å². The molecular formula is C25H29O2P. The molecule has 0 spiro atoms. The second-order valence-corrected chi connectivity index (χ2v) is 11.7. The summed E-state index contributed by atoms with van der Waals surface area (Å²) in [6, 6.07) is 24.6. The fraction of sp³-hybridized carbons (Fsp3) is 0.280.